The minimum absolute atomic E-state index is 0.101. The van der Waals surface area contributed by atoms with Crippen LogP contribution < -0.4 is 4.74 Å². The fraction of sp³-hybridized carbons (Fsp3) is 0.105. The minimum atomic E-state index is -0.488. The molecule has 25 heavy (non-hydrogen) atoms. The molecule has 2 aromatic carbocycles. The third-order valence-corrected chi connectivity index (χ3v) is 4.37. The zero-order valence-electron chi connectivity index (χ0n) is 13.4. The first-order chi connectivity index (χ1) is 12.2. The first-order valence-corrected chi connectivity index (χ1v) is 8.33. The smallest absolute Gasteiger partial charge is 0.358 e. The van der Waals surface area contributed by atoms with Gasteiger partial charge in [0.2, 0.25) is 0 Å². The van der Waals surface area contributed by atoms with Gasteiger partial charge in [-0.15, -0.1) is 11.3 Å². The molecule has 0 amide bonds. The molecule has 0 fully saturated rings. The molecule has 0 saturated heterocycles. The van der Waals surface area contributed by atoms with Gasteiger partial charge >= 0.3 is 5.97 Å². The van der Waals surface area contributed by atoms with E-state index < -0.39 is 5.97 Å². The summed E-state index contributed by atoms with van der Waals surface area (Å²) in [6.45, 7) is 0.101. The Hall–Kier alpha value is -3.17. The molecule has 5 nitrogen and oxygen atoms in total. The van der Waals surface area contributed by atoms with Gasteiger partial charge in [0.15, 0.2) is 5.69 Å². The molecule has 0 aliphatic heterocycles. The van der Waals surface area contributed by atoms with Crippen LogP contribution in [0.15, 0.2) is 53.9 Å². The number of ether oxygens (including phenoxy) is 2. The molecule has 0 saturated carbocycles. The summed E-state index contributed by atoms with van der Waals surface area (Å²) in [5.41, 5.74) is 2.47. The van der Waals surface area contributed by atoms with E-state index in [1.54, 1.807) is 36.8 Å². The van der Waals surface area contributed by atoms with Crippen LogP contribution in [0.25, 0.3) is 10.6 Å². The third kappa shape index (κ3) is 4.03. The van der Waals surface area contributed by atoms with Crippen molar-refractivity contribution in [1.82, 2.24) is 4.98 Å². The van der Waals surface area contributed by atoms with E-state index in [1.807, 2.05) is 24.3 Å². The predicted molar refractivity (Wildman–Crippen MR) is 94.4 cm³/mol. The van der Waals surface area contributed by atoms with Crippen molar-refractivity contribution in [2.45, 2.75) is 6.61 Å². The molecule has 1 heterocycles. The van der Waals surface area contributed by atoms with E-state index in [1.165, 1.54) is 11.3 Å². The van der Waals surface area contributed by atoms with Crippen molar-refractivity contribution in [3.63, 3.8) is 0 Å². The fourth-order valence-corrected chi connectivity index (χ4v) is 2.98. The number of carbonyl (C=O) groups is 1. The monoisotopic (exact) mass is 350 g/mol. The maximum absolute atomic E-state index is 12.2. The molecule has 1 aromatic heterocycles. The second kappa shape index (κ2) is 7.60. The van der Waals surface area contributed by atoms with E-state index >= 15 is 0 Å². The van der Waals surface area contributed by atoms with Crippen LogP contribution in [0.5, 0.6) is 5.75 Å². The Balaban J connectivity index is 1.66. The van der Waals surface area contributed by atoms with Crippen LogP contribution in [0.1, 0.15) is 21.6 Å². The topological polar surface area (TPSA) is 72.2 Å². The highest BCUT2D eigenvalue weighted by Gasteiger charge is 2.13. The zero-order chi connectivity index (χ0) is 17.6. The number of aromatic nitrogens is 1. The van der Waals surface area contributed by atoms with Gasteiger partial charge < -0.3 is 9.47 Å². The number of thiazole rings is 1. The van der Waals surface area contributed by atoms with Crippen molar-refractivity contribution in [2.24, 2.45) is 0 Å². The first-order valence-electron chi connectivity index (χ1n) is 7.45. The molecule has 0 radical (unpaired) electrons. The Bertz CT molecular complexity index is 926. The highest BCUT2D eigenvalue weighted by molar-refractivity contribution is 7.13. The lowest BCUT2D eigenvalue weighted by molar-refractivity contribution is 0.0467. The Morgan fingerprint density at radius 2 is 2.04 bits per heavy atom. The molecular weight excluding hydrogens is 336 g/mol. The molecule has 3 aromatic rings. The number of nitrogens with zero attached hydrogens (tertiary/aromatic N) is 2. The van der Waals surface area contributed by atoms with Crippen LogP contribution in [0.3, 0.4) is 0 Å². The highest BCUT2D eigenvalue weighted by Crippen LogP contribution is 2.26. The molecule has 0 N–H and O–H groups in total. The van der Waals surface area contributed by atoms with Crippen LogP contribution in [0.4, 0.5) is 0 Å². The Morgan fingerprint density at radius 1 is 1.24 bits per heavy atom. The van der Waals surface area contributed by atoms with Crippen LogP contribution in [0.2, 0.25) is 0 Å². The number of hydrogen-bond acceptors (Lipinski definition) is 6. The number of nitriles is 1. The van der Waals surface area contributed by atoms with Crippen molar-refractivity contribution in [1.29, 1.82) is 5.26 Å². The molecule has 0 unspecified atom stereocenters. The maximum atomic E-state index is 12.2. The summed E-state index contributed by atoms with van der Waals surface area (Å²) in [5.74, 6) is 0.276. The number of methoxy groups -OCH3 is 1. The van der Waals surface area contributed by atoms with Gasteiger partial charge in [-0.1, -0.05) is 12.1 Å². The van der Waals surface area contributed by atoms with E-state index in [0.29, 0.717) is 5.56 Å². The summed E-state index contributed by atoms with van der Waals surface area (Å²) in [5, 5.41) is 11.3. The van der Waals surface area contributed by atoms with Crippen LogP contribution in [-0.4, -0.2) is 18.1 Å². The van der Waals surface area contributed by atoms with Gasteiger partial charge in [-0.2, -0.15) is 5.26 Å². The number of hydrogen-bond donors (Lipinski definition) is 0. The quantitative estimate of drug-likeness (QED) is 0.649. The number of rotatable bonds is 5. The maximum Gasteiger partial charge on any atom is 0.358 e. The van der Waals surface area contributed by atoms with E-state index in [0.717, 1.165) is 21.9 Å². The van der Waals surface area contributed by atoms with Crippen molar-refractivity contribution < 1.29 is 14.3 Å². The fourth-order valence-electron chi connectivity index (χ4n) is 2.19. The van der Waals surface area contributed by atoms with Gasteiger partial charge in [0.05, 0.1) is 18.7 Å². The summed E-state index contributed by atoms with van der Waals surface area (Å²) < 4.78 is 10.4. The second-order valence-corrected chi connectivity index (χ2v) is 6.01. The molecule has 0 atom stereocenters. The largest absolute Gasteiger partial charge is 0.497 e. The lowest BCUT2D eigenvalue weighted by Gasteiger charge is -2.03. The van der Waals surface area contributed by atoms with Crippen LogP contribution >= 0.6 is 11.3 Å². The Labute approximate surface area is 149 Å². The normalized spacial score (nSPS) is 10.1. The Kier molecular flexibility index (Phi) is 5.07. The molecule has 124 valence electrons. The van der Waals surface area contributed by atoms with Crippen molar-refractivity contribution in [2.75, 3.05) is 7.11 Å². The van der Waals surface area contributed by atoms with E-state index in [-0.39, 0.29) is 12.3 Å². The number of esters is 1. The van der Waals surface area contributed by atoms with Crippen LogP contribution in [-0.2, 0) is 11.3 Å². The first kappa shape index (κ1) is 16.7. The lowest BCUT2D eigenvalue weighted by atomic mass is 10.1. The molecule has 0 aliphatic rings. The summed E-state index contributed by atoms with van der Waals surface area (Å²) in [6.07, 6.45) is 0. The summed E-state index contributed by atoms with van der Waals surface area (Å²) in [7, 11) is 1.61. The molecule has 3 rings (SSSR count). The summed E-state index contributed by atoms with van der Waals surface area (Å²) in [6, 6.07) is 16.5. The van der Waals surface area contributed by atoms with Gasteiger partial charge in [-0.05, 0) is 42.0 Å². The van der Waals surface area contributed by atoms with Crippen molar-refractivity contribution in [3.8, 4) is 22.4 Å². The van der Waals surface area contributed by atoms with Gasteiger partial charge in [-0.3, -0.25) is 0 Å². The standard InChI is InChI=1S/C19H14N2O3S/c1-23-16-7-5-15(6-8-16)18-21-17(12-25-18)19(22)24-11-14-4-2-3-13(9-14)10-20/h2-9,12H,11H2,1H3. The average molecular weight is 350 g/mol. The minimum Gasteiger partial charge on any atom is -0.497 e. The van der Waals surface area contributed by atoms with Crippen LogP contribution in [0, 0.1) is 11.3 Å². The summed E-state index contributed by atoms with van der Waals surface area (Å²) >= 11 is 1.38. The van der Waals surface area contributed by atoms with Crippen molar-refractivity contribution in [3.05, 3.63) is 70.7 Å². The van der Waals surface area contributed by atoms with Crippen molar-refractivity contribution >= 4 is 17.3 Å². The van der Waals surface area contributed by atoms with E-state index in [9.17, 15) is 4.79 Å². The molecule has 0 aliphatic carbocycles. The molecule has 6 heteroatoms. The van der Waals surface area contributed by atoms with Gasteiger partial charge in [0.25, 0.3) is 0 Å². The molecule has 0 spiro atoms. The van der Waals surface area contributed by atoms with E-state index in [2.05, 4.69) is 11.1 Å². The summed E-state index contributed by atoms with van der Waals surface area (Å²) in [4.78, 5) is 16.5. The SMILES string of the molecule is COc1ccc(-c2nc(C(=O)OCc3cccc(C#N)c3)cs2)cc1. The van der Waals surface area contributed by atoms with E-state index in [4.69, 9.17) is 14.7 Å². The second-order valence-electron chi connectivity index (χ2n) is 5.15. The Morgan fingerprint density at radius 3 is 2.76 bits per heavy atom. The molecular formula is C19H14N2O3S. The highest BCUT2D eigenvalue weighted by atomic mass is 32.1. The average Bonchev–Trinajstić information content (AvgIpc) is 3.16. The molecule has 0 bridgehead atoms. The lowest BCUT2D eigenvalue weighted by Crippen LogP contribution is -2.05. The third-order valence-electron chi connectivity index (χ3n) is 3.48. The number of benzene rings is 2. The van der Waals surface area contributed by atoms with Gasteiger partial charge in [0.1, 0.15) is 17.4 Å². The van der Waals surface area contributed by atoms with Gasteiger partial charge in [0, 0.05) is 10.9 Å². The van der Waals surface area contributed by atoms with Gasteiger partial charge in [-0.25, -0.2) is 9.78 Å². The number of carbonyl (C=O) groups excluding carboxylic acids is 1. The zero-order valence-corrected chi connectivity index (χ0v) is 14.2. The predicted octanol–water partition coefficient (Wildman–Crippen LogP) is 4.05.